The third-order valence-corrected chi connectivity index (χ3v) is 8.23. The van der Waals surface area contributed by atoms with Crippen LogP contribution in [-0.2, 0) is 16.0 Å². The van der Waals surface area contributed by atoms with Gasteiger partial charge in [-0.05, 0) is 38.6 Å². The molecule has 2 fully saturated rings. The fourth-order valence-corrected chi connectivity index (χ4v) is 5.96. The Hall–Kier alpha value is -3.18. The second-order valence-electron chi connectivity index (χ2n) is 9.96. The highest BCUT2D eigenvalue weighted by Gasteiger charge is 2.30. The molecule has 212 valence electrons. The maximum Gasteiger partial charge on any atom is 0.243 e. The number of hydrogen-bond acceptors (Lipinski definition) is 9. The molecule has 0 spiro atoms. The molecular formula is C28H32Cl2N6O4. The molecule has 2 aliphatic heterocycles. The number of benzene rings is 1. The summed E-state index contributed by atoms with van der Waals surface area (Å²) in [7, 11) is 5.21. The van der Waals surface area contributed by atoms with Crippen molar-refractivity contribution in [3.63, 3.8) is 0 Å². The van der Waals surface area contributed by atoms with E-state index in [4.69, 9.17) is 47.4 Å². The summed E-state index contributed by atoms with van der Waals surface area (Å²) < 4.78 is 16.6. The number of likely N-dealkylation sites (N-methyl/N-ethyl adjacent to an activating group) is 1. The quantitative estimate of drug-likeness (QED) is 0.357. The van der Waals surface area contributed by atoms with Crippen molar-refractivity contribution in [2.24, 2.45) is 0 Å². The number of nitrogens with zero attached hydrogens (tertiary/aromatic N) is 4. The minimum Gasteiger partial charge on any atom is -0.495 e. The molecule has 2 saturated heterocycles. The van der Waals surface area contributed by atoms with E-state index in [-0.39, 0.29) is 18.0 Å². The van der Waals surface area contributed by atoms with Crippen molar-refractivity contribution in [2.45, 2.75) is 37.4 Å². The Morgan fingerprint density at radius 1 is 1.18 bits per heavy atom. The molecule has 3 aromatic rings. The molecule has 0 saturated carbocycles. The molecule has 10 nitrogen and oxygen atoms in total. The molecule has 4 heterocycles. The summed E-state index contributed by atoms with van der Waals surface area (Å²) in [4.78, 5) is 28.7. The van der Waals surface area contributed by atoms with Crippen LogP contribution in [-0.4, -0.2) is 84.9 Å². The Kier molecular flexibility index (Phi) is 8.60. The third-order valence-electron chi connectivity index (χ3n) is 7.48. The van der Waals surface area contributed by atoms with Gasteiger partial charge in [-0.1, -0.05) is 29.8 Å². The summed E-state index contributed by atoms with van der Waals surface area (Å²) in [5.41, 5.74) is 2.64. The number of likely N-dealkylation sites (tertiary alicyclic amines) is 1. The average molecular weight is 588 g/mol. The first-order valence-corrected chi connectivity index (χ1v) is 13.8. The van der Waals surface area contributed by atoms with Crippen LogP contribution in [0.15, 0.2) is 31.0 Å². The van der Waals surface area contributed by atoms with Crippen LogP contribution in [0.2, 0.25) is 10.0 Å². The van der Waals surface area contributed by atoms with E-state index < -0.39 is 0 Å². The maximum atomic E-state index is 11.9. The van der Waals surface area contributed by atoms with Crippen LogP contribution in [0.1, 0.15) is 18.5 Å². The van der Waals surface area contributed by atoms with Crippen LogP contribution in [0.3, 0.4) is 0 Å². The first kappa shape index (κ1) is 28.4. The smallest absolute Gasteiger partial charge is 0.243 e. The lowest BCUT2D eigenvalue weighted by atomic mass is 10.0. The lowest BCUT2D eigenvalue weighted by Gasteiger charge is -2.22. The summed E-state index contributed by atoms with van der Waals surface area (Å²) in [6.45, 7) is 5.36. The van der Waals surface area contributed by atoms with E-state index in [1.165, 1.54) is 6.08 Å². The Bertz CT molecular complexity index is 1410. The van der Waals surface area contributed by atoms with Gasteiger partial charge in [-0.25, -0.2) is 9.97 Å². The molecule has 12 heteroatoms. The minimum absolute atomic E-state index is 0.195. The molecule has 5 rings (SSSR count). The predicted molar refractivity (Wildman–Crippen MR) is 156 cm³/mol. The molecule has 2 N–H and O–H groups in total. The van der Waals surface area contributed by atoms with Crippen molar-refractivity contribution >= 4 is 46.0 Å². The van der Waals surface area contributed by atoms with E-state index in [0.717, 1.165) is 36.0 Å². The summed E-state index contributed by atoms with van der Waals surface area (Å²) in [5.74, 6) is 1.04. The zero-order valence-electron chi connectivity index (χ0n) is 22.7. The number of aromatic nitrogens is 3. The molecule has 0 radical (unpaired) electrons. The molecular weight excluding hydrogens is 555 g/mol. The Balaban J connectivity index is 1.57. The highest BCUT2D eigenvalue weighted by atomic mass is 35.5. The number of methoxy groups -OCH3 is 2. The lowest BCUT2D eigenvalue weighted by molar-refractivity contribution is -0.117. The van der Waals surface area contributed by atoms with Crippen molar-refractivity contribution in [2.75, 3.05) is 46.3 Å². The first-order chi connectivity index (χ1) is 19.3. The number of ether oxygens (including phenoxy) is 3. The normalized spacial score (nSPS) is 21.0. The Labute approximate surface area is 243 Å². The van der Waals surface area contributed by atoms with Gasteiger partial charge in [0.15, 0.2) is 0 Å². The number of carbonyl (C=O) groups is 1. The second kappa shape index (κ2) is 12.1. The number of carbonyl (C=O) groups excluding carboxylic acids is 1. The van der Waals surface area contributed by atoms with E-state index >= 15 is 0 Å². The SMILES string of the molecule is C=CC(=O)N[C@H]1COCC1Nc1ncc2cc(-c3c(Cl)c(OC)cc(OC)c3Cl)nc(CC3CCCN3C)c2n1. The van der Waals surface area contributed by atoms with Crippen LogP contribution in [0.25, 0.3) is 22.2 Å². The molecule has 2 unspecified atom stereocenters. The highest BCUT2D eigenvalue weighted by Crippen LogP contribution is 2.46. The van der Waals surface area contributed by atoms with Crippen molar-refractivity contribution < 1.29 is 19.0 Å². The first-order valence-electron chi connectivity index (χ1n) is 13.1. The summed E-state index contributed by atoms with van der Waals surface area (Å²) >= 11 is 13.5. The summed E-state index contributed by atoms with van der Waals surface area (Å²) in [6, 6.07) is 3.43. The van der Waals surface area contributed by atoms with Crippen LogP contribution >= 0.6 is 23.2 Å². The van der Waals surface area contributed by atoms with E-state index in [2.05, 4.69) is 34.1 Å². The Morgan fingerprint density at radius 3 is 2.55 bits per heavy atom. The van der Waals surface area contributed by atoms with E-state index in [0.29, 0.717) is 64.4 Å². The largest absolute Gasteiger partial charge is 0.495 e. The van der Waals surface area contributed by atoms with Crippen molar-refractivity contribution in [1.82, 2.24) is 25.2 Å². The number of amides is 1. The van der Waals surface area contributed by atoms with Crippen LogP contribution < -0.4 is 20.1 Å². The fraction of sp³-hybridized carbons (Fsp3) is 0.429. The molecule has 40 heavy (non-hydrogen) atoms. The second-order valence-corrected chi connectivity index (χ2v) is 10.7. The van der Waals surface area contributed by atoms with Gasteiger partial charge in [-0.15, -0.1) is 0 Å². The van der Waals surface area contributed by atoms with Crippen LogP contribution in [0.4, 0.5) is 5.95 Å². The van der Waals surface area contributed by atoms with Crippen LogP contribution in [0.5, 0.6) is 11.5 Å². The van der Waals surface area contributed by atoms with Crippen molar-refractivity contribution in [3.05, 3.63) is 46.7 Å². The Morgan fingerprint density at radius 2 is 1.90 bits per heavy atom. The number of pyridine rings is 1. The van der Waals surface area contributed by atoms with Gasteiger partial charge in [0.2, 0.25) is 11.9 Å². The van der Waals surface area contributed by atoms with Crippen LogP contribution in [0, 0.1) is 0 Å². The number of fused-ring (bicyclic) bond motifs is 1. The van der Waals surface area contributed by atoms with Gasteiger partial charge >= 0.3 is 0 Å². The molecule has 2 aliphatic rings. The number of hydrogen-bond donors (Lipinski definition) is 2. The van der Waals surface area contributed by atoms with Gasteiger partial charge in [-0.2, -0.15) is 0 Å². The van der Waals surface area contributed by atoms with E-state index in [1.54, 1.807) is 26.5 Å². The average Bonchev–Trinajstić information content (AvgIpc) is 3.56. The van der Waals surface area contributed by atoms with E-state index in [1.807, 2.05) is 6.07 Å². The fourth-order valence-electron chi connectivity index (χ4n) is 5.26. The van der Waals surface area contributed by atoms with Gasteiger partial charge in [-0.3, -0.25) is 9.78 Å². The monoisotopic (exact) mass is 586 g/mol. The van der Waals surface area contributed by atoms with Crippen molar-refractivity contribution in [1.29, 1.82) is 0 Å². The zero-order valence-corrected chi connectivity index (χ0v) is 24.2. The van der Waals surface area contributed by atoms with E-state index in [9.17, 15) is 4.79 Å². The van der Waals surface area contributed by atoms with Gasteiger partial charge in [0.25, 0.3) is 0 Å². The minimum atomic E-state index is -0.257. The number of rotatable bonds is 9. The molecule has 0 aliphatic carbocycles. The lowest BCUT2D eigenvalue weighted by Crippen LogP contribution is -2.45. The van der Waals surface area contributed by atoms with Gasteiger partial charge in [0.05, 0.1) is 66.5 Å². The molecule has 3 atom stereocenters. The van der Waals surface area contributed by atoms with Gasteiger partial charge in [0.1, 0.15) is 11.5 Å². The molecule has 1 amide bonds. The third kappa shape index (κ3) is 5.67. The predicted octanol–water partition coefficient (Wildman–Crippen LogP) is 4.13. The standard InChI is InChI=1S/C28H32Cl2N6O4/c1-5-23(37)33-19-13-40-14-20(19)34-28-31-12-15-9-17(24-25(29)21(38-3)11-22(39-4)26(24)30)32-18(27(15)35-28)10-16-7-6-8-36(16)2/h5,9,11-12,16,19-20H,1,6-8,10,13-14H2,2-4H3,(H,33,37)(H,31,34,35)/t16?,19-,20?/m0/s1. The molecule has 2 aromatic heterocycles. The number of halogens is 2. The summed E-state index contributed by atoms with van der Waals surface area (Å²) in [5, 5.41) is 7.70. The maximum absolute atomic E-state index is 11.9. The molecule has 0 bridgehead atoms. The highest BCUT2D eigenvalue weighted by molar-refractivity contribution is 6.41. The van der Waals surface area contributed by atoms with Crippen molar-refractivity contribution in [3.8, 4) is 22.8 Å². The summed E-state index contributed by atoms with van der Waals surface area (Å²) in [6.07, 6.45) is 5.89. The van der Waals surface area contributed by atoms with Gasteiger partial charge in [0, 0.05) is 35.7 Å². The van der Waals surface area contributed by atoms with Gasteiger partial charge < -0.3 is 29.7 Å². The topological polar surface area (TPSA) is 111 Å². The zero-order chi connectivity index (χ0) is 28.4. The number of nitrogens with one attached hydrogen (secondary N) is 2. The number of anilines is 1. The molecule has 1 aromatic carbocycles.